The van der Waals surface area contributed by atoms with Gasteiger partial charge in [-0.3, -0.25) is 4.79 Å². The largest absolute Gasteiger partial charge is 0.319 e. The molecule has 0 heterocycles. The van der Waals surface area contributed by atoms with E-state index < -0.39 is 5.91 Å². The van der Waals surface area contributed by atoms with Crippen LogP contribution in [0.15, 0.2) is 65.2 Å². The van der Waals surface area contributed by atoms with Gasteiger partial charge in [0.25, 0.3) is 5.91 Å². The molecule has 0 bridgehead atoms. The van der Waals surface area contributed by atoms with Crippen molar-refractivity contribution in [3.63, 3.8) is 0 Å². The summed E-state index contributed by atoms with van der Waals surface area (Å²) in [5, 5.41) is 12.5. The van der Waals surface area contributed by atoms with Gasteiger partial charge in [0.2, 0.25) is 0 Å². The van der Waals surface area contributed by atoms with Gasteiger partial charge in [-0.25, -0.2) is 0 Å². The summed E-state index contributed by atoms with van der Waals surface area (Å²) in [5.74, 6) is -0.646. The van der Waals surface area contributed by atoms with Crippen LogP contribution in [0.4, 0.5) is 5.69 Å². The molecule has 0 aliphatic carbocycles. The molecule has 0 aliphatic heterocycles. The normalized spacial score (nSPS) is 11.8. The van der Waals surface area contributed by atoms with Crippen LogP contribution >= 0.6 is 34.8 Å². The lowest BCUT2D eigenvalue weighted by molar-refractivity contribution is -0.112. The van der Waals surface area contributed by atoms with Crippen molar-refractivity contribution >= 4 is 52.5 Å². The van der Waals surface area contributed by atoms with Crippen LogP contribution in [0.2, 0.25) is 10.0 Å². The Balaban J connectivity index is 2.23. The first-order chi connectivity index (χ1) is 11.5. The van der Waals surface area contributed by atoms with Crippen molar-refractivity contribution in [2.45, 2.75) is 0 Å². The summed E-state index contributed by atoms with van der Waals surface area (Å²) in [6, 6.07) is 15.9. The van der Waals surface area contributed by atoms with Crippen LogP contribution in [0.25, 0.3) is 6.08 Å². The van der Waals surface area contributed by atoms with Crippen LogP contribution in [0, 0.1) is 11.3 Å². The zero-order chi connectivity index (χ0) is 17.5. The van der Waals surface area contributed by atoms with E-state index in [9.17, 15) is 10.1 Å². The van der Waals surface area contributed by atoms with Crippen LogP contribution in [-0.2, 0) is 4.79 Å². The van der Waals surface area contributed by atoms with Crippen LogP contribution in [0.1, 0.15) is 5.56 Å². The molecular formula is C18H11Cl3N2O. The van der Waals surface area contributed by atoms with E-state index in [-0.39, 0.29) is 26.3 Å². The van der Waals surface area contributed by atoms with E-state index >= 15 is 0 Å². The second-order valence-electron chi connectivity index (χ2n) is 4.66. The minimum atomic E-state index is -0.646. The number of allylic oxidation sites excluding steroid dienone is 2. The molecule has 0 aromatic heterocycles. The Morgan fingerprint density at radius 2 is 1.67 bits per heavy atom. The summed E-state index contributed by atoms with van der Waals surface area (Å²) in [4.78, 5) is 12.2. The Morgan fingerprint density at radius 1 is 1.04 bits per heavy atom. The zero-order valence-corrected chi connectivity index (χ0v) is 14.5. The van der Waals surface area contributed by atoms with Gasteiger partial charge in [0.05, 0.1) is 15.7 Å². The number of nitrogens with one attached hydrogen (secondary N) is 1. The van der Waals surface area contributed by atoms with Crippen molar-refractivity contribution in [1.29, 1.82) is 5.26 Å². The molecule has 0 spiro atoms. The fourth-order valence-corrected chi connectivity index (χ4v) is 2.56. The van der Waals surface area contributed by atoms with Crippen molar-refractivity contribution < 1.29 is 4.79 Å². The lowest BCUT2D eigenvalue weighted by atomic mass is 10.2. The highest BCUT2D eigenvalue weighted by atomic mass is 35.5. The lowest BCUT2D eigenvalue weighted by Gasteiger charge is -2.08. The van der Waals surface area contributed by atoms with Crippen LogP contribution in [-0.4, -0.2) is 5.91 Å². The first-order valence-electron chi connectivity index (χ1n) is 6.80. The number of benzene rings is 2. The Kier molecular flexibility index (Phi) is 6.45. The third-order valence-electron chi connectivity index (χ3n) is 2.95. The Labute approximate surface area is 154 Å². The summed E-state index contributed by atoms with van der Waals surface area (Å²) >= 11 is 18.1. The second-order valence-corrected chi connectivity index (χ2v) is 5.91. The van der Waals surface area contributed by atoms with Crippen molar-refractivity contribution in [3.8, 4) is 6.07 Å². The standard InChI is InChI=1S/C18H11Cl3N2O/c19-14(9-12-5-2-1-3-6-12)10-13(11-22)18(24)23-17-15(20)7-4-8-16(17)21/h1-10H,(H,23,24)/b13-10+,14-9-. The van der Waals surface area contributed by atoms with E-state index in [1.165, 1.54) is 6.08 Å². The molecule has 2 rings (SSSR count). The number of para-hydroxylation sites is 1. The van der Waals surface area contributed by atoms with Crippen molar-refractivity contribution in [3.05, 3.63) is 80.8 Å². The summed E-state index contributed by atoms with van der Waals surface area (Å²) in [6.07, 6.45) is 2.93. The maximum atomic E-state index is 12.2. The molecular weight excluding hydrogens is 367 g/mol. The smallest absolute Gasteiger partial charge is 0.266 e. The Morgan fingerprint density at radius 3 is 2.25 bits per heavy atom. The predicted octanol–water partition coefficient (Wildman–Crippen LogP) is 5.66. The van der Waals surface area contributed by atoms with Gasteiger partial charge in [-0.1, -0.05) is 71.2 Å². The van der Waals surface area contributed by atoms with Gasteiger partial charge in [0.1, 0.15) is 11.6 Å². The summed E-state index contributed by atoms with van der Waals surface area (Å²) in [6.45, 7) is 0. The van der Waals surface area contributed by atoms with Crippen LogP contribution < -0.4 is 5.32 Å². The third kappa shape index (κ3) is 4.87. The zero-order valence-electron chi connectivity index (χ0n) is 12.3. The van der Waals surface area contributed by atoms with E-state index in [0.717, 1.165) is 5.56 Å². The molecule has 0 radical (unpaired) electrons. The van der Waals surface area contributed by atoms with E-state index in [2.05, 4.69) is 5.32 Å². The topological polar surface area (TPSA) is 52.9 Å². The average Bonchev–Trinajstić information content (AvgIpc) is 2.57. The molecule has 0 fully saturated rings. The molecule has 2 aromatic carbocycles. The average molecular weight is 378 g/mol. The number of nitrogens with zero attached hydrogens (tertiary/aromatic N) is 1. The molecule has 0 saturated carbocycles. The summed E-state index contributed by atoms with van der Waals surface area (Å²) < 4.78 is 0. The van der Waals surface area contributed by atoms with Crippen LogP contribution in [0.3, 0.4) is 0 Å². The number of hydrogen-bond acceptors (Lipinski definition) is 2. The minimum absolute atomic E-state index is 0.164. The van der Waals surface area contributed by atoms with E-state index in [0.29, 0.717) is 0 Å². The summed E-state index contributed by atoms with van der Waals surface area (Å²) in [7, 11) is 0. The maximum Gasteiger partial charge on any atom is 0.266 e. The van der Waals surface area contributed by atoms with E-state index in [1.54, 1.807) is 24.3 Å². The molecule has 120 valence electrons. The predicted molar refractivity (Wildman–Crippen MR) is 99.1 cm³/mol. The van der Waals surface area contributed by atoms with Gasteiger partial charge < -0.3 is 5.32 Å². The van der Waals surface area contributed by atoms with Gasteiger partial charge in [-0.05, 0) is 29.8 Å². The Bertz CT molecular complexity index is 832. The number of carbonyl (C=O) groups excluding carboxylic acids is 1. The highest BCUT2D eigenvalue weighted by molar-refractivity contribution is 6.40. The van der Waals surface area contributed by atoms with Gasteiger partial charge >= 0.3 is 0 Å². The Hall–Kier alpha value is -2.25. The summed E-state index contributed by atoms with van der Waals surface area (Å²) in [5.41, 5.74) is 0.934. The first kappa shape index (κ1) is 18.1. The SMILES string of the molecule is N#C/C(=C\C(Cl)=C\c1ccccc1)C(=O)Nc1c(Cl)cccc1Cl. The molecule has 0 aliphatic rings. The van der Waals surface area contributed by atoms with Gasteiger partial charge in [0, 0.05) is 5.03 Å². The van der Waals surface area contributed by atoms with Crippen molar-refractivity contribution in [2.24, 2.45) is 0 Å². The quantitative estimate of drug-likeness (QED) is 0.424. The van der Waals surface area contributed by atoms with Gasteiger partial charge in [-0.2, -0.15) is 5.26 Å². The highest BCUT2D eigenvalue weighted by Crippen LogP contribution is 2.30. The number of rotatable bonds is 4. The number of carbonyl (C=O) groups is 1. The van der Waals surface area contributed by atoms with Crippen LogP contribution in [0.5, 0.6) is 0 Å². The second kappa shape index (κ2) is 8.56. The monoisotopic (exact) mass is 376 g/mol. The highest BCUT2D eigenvalue weighted by Gasteiger charge is 2.14. The number of nitriles is 1. The lowest BCUT2D eigenvalue weighted by Crippen LogP contribution is -2.14. The molecule has 0 atom stereocenters. The minimum Gasteiger partial charge on any atom is -0.319 e. The number of hydrogen-bond donors (Lipinski definition) is 1. The number of amides is 1. The van der Waals surface area contributed by atoms with Crippen molar-refractivity contribution in [2.75, 3.05) is 5.32 Å². The molecule has 0 unspecified atom stereocenters. The van der Waals surface area contributed by atoms with Crippen molar-refractivity contribution in [1.82, 2.24) is 0 Å². The maximum absolute atomic E-state index is 12.2. The fourth-order valence-electron chi connectivity index (χ4n) is 1.83. The number of halogens is 3. The third-order valence-corrected chi connectivity index (χ3v) is 3.80. The van der Waals surface area contributed by atoms with E-state index in [4.69, 9.17) is 34.8 Å². The van der Waals surface area contributed by atoms with Gasteiger partial charge in [0.15, 0.2) is 0 Å². The molecule has 6 heteroatoms. The molecule has 24 heavy (non-hydrogen) atoms. The number of anilines is 1. The molecule has 2 aromatic rings. The molecule has 1 amide bonds. The molecule has 0 saturated heterocycles. The van der Waals surface area contributed by atoms with E-state index in [1.807, 2.05) is 36.4 Å². The van der Waals surface area contributed by atoms with Gasteiger partial charge in [-0.15, -0.1) is 0 Å². The molecule has 1 N–H and O–H groups in total. The first-order valence-corrected chi connectivity index (χ1v) is 7.94. The molecule has 3 nitrogen and oxygen atoms in total. The fraction of sp³-hybridized carbons (Fsp3) is 0.